The summed E-state index contributed by atoms with van der Waals surface area (Å²) in [6.45, 7) is 5.47. The Balaban J connectivity index is 1.49. The third-order valence-corrected chi connectivity index (χ3v) is 6.91. The number of benzene rings is 2. The van der Waals surface area contributed by atoms with Gasteiger partial charge >= 0.3 is 12.5 Å². The van der Waals surface area contributed by atoms with Crippen LogP contribution in [0.4, 0.5) is 29.6 Å². The van der Waals surface area contributed by atoms with E-state index in [1.54, 1.807) is 31.4 Å². The molecule has 1 saturated heterocycles. The molecule has 0 aliphatic carbocycles. The SMILES string of the molecule is CCOC[C@@]1(OC)C[C@@H](OC)[C@H](C)O[C@H]1OC(=O)Nc1ccc(-c2nc(NC(C)=O)n(-c3ccc(OC(F)(F)F)cc3)n2)cc1. The van der Waals surface area contributed by atoms with E-state index in [2.05, 4.69) is 25.5 Å². The quantitative estimate of drug-likeness (QED) is 0.298. The van der Waals surface area contributed by atoms with E-state index in [1.807, 2.05) is 13.8 Å². The number of carbonyl (C=O) groups excluding carboxylic acids is 2. The third kappa shape index (κ3) is 8.48. The Kier molecular flexibility index (Phi) is 10.6. The summed E-state index contributed by atoms with van der Waals surface area (Å²) in [6.07, 6.45) is -7.01. The van der Waals surface area contributed by atoms with Crippen LogP contribution in [-0.4, -0.2) is 84.7 Å². The zero-order valence-corrected chi connectivity index (χ0v) is 25.2. The van der Waals surface area contributed by atoms with Crippen LogP contribution in [0.1, 0.15) is 27.2 Å². The lowest BCUT2D eigenvalue weighted by molar-refractivity contribution is -0.301. The largest absolute Gasteiger partial charge is 0.573 e. The molecule has 1 aliphatic heterocycles. The van der Waals surface area contributed by atoms with E-state index in [4.69, 9.17) is 23.7 Å². The lowest BCUT2D eigenvalue weighted by Crippen LogP contribution is -2.60. The predicted octanol–water partition coefficient (Wildman–Crippen LogP) is 4.91. The zero-order valence-electron chi connectivity index (χ0n) is 25.2. The minimum atomic E-state index is -4.84. The van der Waals surface area contributed by atoms with Gasteiger partial charge in [-0.3, -0.25) is 15.4 Å². The molecule has 13 nitrogen and oxygen atoms in total. The van der Waals surface area contributed by atoms with E-state index in [-0.39, 0.29) is 30.6 Å². The smallest absolute Gasteiger partial charge is 0.416 e. The Morgan fingerprint density at radius 1 is 1.09 bits per heavy atom. The maximum Gasteiger partial charge on any atom is 0.573 e. The van der Waals surface area contributed by atoms with E-state index in [0.29, 0.717) is 30.0 Å². The molecule has 4 atom stereocenters. The predicted molar refractivity (Wildman–Crippen MR) is 154 cm³/mol. The lowest BCUT2D eigenvalue weighted by Gasteiger charge is -2.46. The maximum atomic E-state index is 12.9. The number of rotatable bonds is 11. The average Bonchev–Trinajstić information content (AvgIpc) is 3.40. The molecule has 0 bridgehead atoms. The van der Waals surface area contributed by atoms with Crippen LogP contribution in [0.2, 0.25) is 0 Å². The molecule has 2 amide bonds. The van der Waals surface area contributed by atoms with Crippen LogP contribution < -0.4 is 15.4 Å². The summed E-state index contributed by atoms with van der Waals surface area (Å²) in [4.78, 5) is 29.0. The molecular formula is C29H34F3N5O8. The van der Waals surface area contributed by atoms with Crippen LogP contribution >= 0.6 is 0 Å². The molecule has 2 aromatic carbocycles. The lowest BCUT2D eigenvalue weighted by atomic mass is 9.90. The number of nitrogens with one attached hydrogen (secondary N) is 2. The van der Waals surface area contributed by atoms with Crippen molar-refractivity contribution < 1.29 is 51.2 Å². The molecule has 16 heteroatoms. The van der Waals surface area contributed by atoms with E-state index in [0.717, 1.165) is 12.1 Å². The number of carbonyl (C=O) groups is 2. The summed E-state index contributed by atoms with van der Waals surface area (Å²) < 4.78 is 71.3. The topological polar surface area (TPSA) is 144 Å². The van der Waals surface area contributed by atoms with Crippen LogP contribution in [0, 0.1) is 0 Å². The highest BCUT2D eigenvalue weighted by Gasteiger charge is 2.51. The number of anilines is 2. The number of aromatic nitrogens is 3. The van der Waals surface area contributed by atoms with Crippen molar-refractivity contribution in [2.24, 2.45) is 0 Å². The summed E-state index contributed by atoms with van der Waals surface area (Å²) in [5.41, 5.74) is 0.130. The van der Waals surface area contributed by atoms with Crippen molar-refractivity contribution in [3.63, 3.8) is 0 Å². The highest BCUT2D eigenvalue weighted by atomic mass is 19.4. The van der Waals surface area contributed by atoms with Gasteiger partial charge in [-0.05, 0) is 62.4 Å². The molecule has 2 N–H and O–H groups in total. The molecule has 3 aromatic rings. The van der Waals surface area contributed by atoms with Gasteiger partial charge in [-0.2, -0.15) is 9.67 Å². The summed E-state index contributed by atoms with van der Waals surface area (Å²) in [5, 5.41) is 9.61. The minimum Gasteiger partial charge on any atom is -0.416 e. The second kappa shape index (κ2) is 14.2. The van der Waals surface area contributed by atoms with Crippen LogP contribution in [-0.2, 0) is 28.5 Å². The number of hydrogen-bond acceptors (Lipinski definition) is 10. The standard InChI is InChI=1S/C29H34F3N5O8/c1-6-42-16-28(41-5)15-23(40-4)17(2)43-25(28)44-27(39)34-20-9-7-19(8-10-20)24-35-26(33-18(3)38)37(36-24)21-11-13-22(14-12-21)45-29(30,31)32/h7-14,17,23,25H,6,15-16H2,1-5H3,(H,34,39)(H,33,35,36,38)/t17-,23+,25-,28-/m0/s1. The first kappa shape index (κ1) is 33.6. The highest BCUT2D eigenvalue weighted by Crippen LogP contribution is 2.35. The van der Waals surface area contributed by atoms with E-state index < -0.39 is 36.0 Å². The van der Waals surface area contributed by atoms with E-state index >= 15 is 0 Å². The number of amides is 2. The summed E-state index contributed by atoms with van der Waals surface area (Å²) in [7, 11) is 3.06. The van der Waals surface area contributed by atoms with Crippen LogP contribution in [0.3, 0.4) is 0 Å². The summed E-state index contributed by atoms with van der Waals surface area (Å²) >= 11 is 0. The van der Waals surface area contributed by atoms with Crippen LogP contribution in [0.25, 0.3) is 17.1 Å². The van der Waals surface area contributed by atoms with Gasteiger partial charge in [0.1, 0.15) is 5.75 Å². The molecule has 0 radical (unpaired) electrons. The second-order valence-electron chi connectivity index (χ2n) is 10.1. The normalized spacial score (nSPS) is 21.6. The fourth-order valence-electron chi connectivity index (χ4n) is 4.65. The highest BCUT2D eigenvalue weighted by molar-refractivity contribution is 5.87. The van der Waals surface area contributed by atoms with Crippen LogP contribution in [0.15, 0.2) is 48.5 Å². The molecule has 2 heterocycles. The van der Waals surface area contributed by atoms with Crippen molar-refractivity contribution in [3.05, 3.63) is 48.5 Å². The molecular weight excluding hydrogens is 603 g/mol. The maximum absolute atomic E-state index is 12.9. The molecule has 1 aromatic heterocycles. The van der Waals surface area contributed by atoms with E-state index in [9.17, 15) is 22.8 Å². The van der Waals surface area contributed by atoms with Gasteiger partial charge in [-0.1, -0.05) is 0 Å². The number of nitrogens with zero attached hydrogens (tertiary/aromatic N) is 3. The van der Waals surface area contributed by atoms with Crippen molar-refractivity contribution >= 4 is 23.6 Å². The monoisotopic (exact) mass is 637 g/mol. The molecule has 45 heavy (non-hydrogen) atoms. The number of methoxy groups -OCH3 is 2. The summed E-state index contributed by atoms with van der Waals surface area (Å²) in [5.74, 6) is -0.612. The fraction of sp³-hybridized carbons (Fsp3) is 0.448. The van der Waals surface area contributed by atoms with Crippen LogP contribution in [0.5, 0.6) is 5.75 Å². The minimum absolute atomic E-state index is 0.0406. The van der Waals surface area contributed by atoms with Gasteiger partial charge in [0.2, 0.25) is 18.1 Å². The van der Waals surface area contributed by atoms with Gasteiger partial charge in [-0.15, -0.1) is 18.3 Å². The molecule has 0 saturated carbocycles. The first-order chi connectivity index (χ1) is 21.4. The summed E-state index contributed by atoms with van der Waals surface area (Å²) in [6, 6.07) is 11.3. The molecule has 0 unspecified atom stereocenters. The van der Waals surface area contributed by atoms with Crippen molar-refractivity contribution in [1.82, 2.24) is 14.8 Å². The van der Waals surface area contributed by atoms with Gasteiger partial charge in [0.25, 0.3) is 0 Å². The number of halogens is 3. The Hall–Kier alpha value is -4.25. The van der Waals surface area contributed by atoms with Crippen molar-refractivity contribution in [2.45, 2.75) is 57.7 Å². The van der Waals surface area contributed by atoms with Crippen molar-refractivity contribution in [1.29, 1.82) is 0 Å². The third-order valence-electron chi connectivity index (χ3n) is 6.91. The molecule has 4 rings (SSSR count). The van der Waals surface area contributed by atoms with Gasteiger partial charge in [0.05, 0.1) is 24.5 Å². The fourth-order valence-corrected chi connectivity index (χ4v) is 4.65. The Morgan fingerprint density at radius 2 is 1.78 bits per heavy atom. The first-order valence-electron chi connectivity index (χ1n) is 13.9. The zero-order chi connectivity index (χ0) is 32.8. The molecule has 244 valence electrons. The molecule has 0 spiro atoms. The van der Waals surface area contributed by atoms with E-state index in [1.165, 1.54) is 30.8 Å². The number of alkyl halides is 3. The Bertz CT molecular complexity index is 1450. The second-order valence-corrected chi connectivity index (χ2v) is 10.1. The Labute approximate surface area is 256 Å². The number of hydrogen-bond donors (Lipinski definition) is 2. The van der Waals surface area contributed by atoms with Crippen molar-refractivity contribution in [3.8, 4) is 22.8 Å². The van der Waals surface area contributed by atoms with Gasteiger partial charge in [-0.25, -0.2) is 4.79 Å². The first-order valence-corrected chi connectivity index (χ1v) is 13.9. The Morgan fingerprint density at radius 3 is 2.36 bits per heavy atom. The number of ether oxygens (including phenoxy) is 6. The van der Waals surface area contributed by atoms with Gasteiger partial charge in [0.15, 0.2) is 11.4 Å². The van der Waals surface area contributed by atoms with Gasteiger partial charge < -0.3 is 28.4 Å². The van der Waals surface area contributed by atoms with Crippen molar-refractivity contribution in [2.75, 3.05) is 38.1 Å². The van der Waals surface area contributed by atoms with Gasteiger partial charge in [0, 0.05) is 45.4 Å². The molecule has 1 aliphatic rings. The molecule has 1 fully saturated rings. The average molecular weight is 638 g/mol.